The Labute approximate surface area is 152 Å². The van der Waals surface area contributed by atoms with Gasteiger partial charge in [-0.15, -0.1) is 0 Å². The van der Waals surface area contributed by atoms with Gasteiger partial charge in [0.05, 0.1) is 5.57 Å². The van der Waals surface area contributed by atoms with Crippen LogP contribution in [-0.2, 0) is 14.3 Å². The van der Waals surface area contributed by atoms with Gasteiger partial charge in [0.2, 0.25) is 0 Å². The van der Waals surface area contributed by atoms with E-state index in [2.05, 4.69) is 5.32 Å². The van der Waals surface area contributed by atoms with Crippen molar-refractivity contribution in [3.05, 3.63) is 71.3 Å². The number of para-hydroxylation sites is 1. The molecule has 0 aromatic heterocycles. The van der Waals surface area contributed by atoms with E-state index in [0.717, 1.165) is 16.9 Å². The van der Waals surface area contributed by atoms with E-state index >= 15 is 0 Å². The molecule has 1 amide bonds. The molecule has 0 bridgehead atoms. The predicted octanol–water partition coefficient (Wildman–Crippen LogP) is 2.93. The number of hydrogen-bond donors (Lipinski definition) is 1. The van der Waals surface area contributed by atoms with E-state index in [1.807, 2.05) is 61.5 Å². The molecule has 0 spiro atoms. The molecule has 1 N–H and O–H groups in total. The van der Waals surface area contributed by atoms with E-state index in [-0.39, 0.29) is 25.0 Å². The van der Waals surface area contributed by atoms with Crippen LogP contribution in [0.15, 0.2) is 60.2 Å². The Morgan fingerprint density at radius 3 is 2.65 bits per heavy atom. The van der Waals surface area contributed by atoms with Crippen molar-refractivity contribution in [2.45, 2.75) is 12.8 Å². The quantitative estimate of drug-likeness (QED) is 0.813. The lowest BCUT2D eigenvalue weighted by atomic mass is 10.0. The van der Waals surface area contributed by atoms with Gasteiger partial charge in [0.1, 0.15) is 12.4 Å². The van der Waals surface area contributed by atoms with Gasteiger partial charge in [0.25, 0.3) is 5.91 Å². The molecule has 0 saturated heterocycles. The minimum Gasteiger partial charge on any atom is -0.488 e. The Morgan fingerprint density at radius 1 is 1.12 bits per heavy atom. The maximum atomic E-state index is 12.1. The van der Waals surface area contributed by atoms with E-state index < -0.39 is 5.97 Å². The molecule has 2 aromatic rings. The third-order valence-corrected chi connectivity index (χ3v) is 4.20. The minimum absolute atomic E-state index is 0.141. The van der Waals surface area contributed by atoms with E-state index in [1.54, 1.807) is 6.08 Å². The van der Waals surface area contributed by atoms with Crippen molar-refractivity contribution >= 4 is 18.0 Å². The highest BCUT2D eigenvalue weighted by molar-refractivity contribution is 5.96. The highest BCUT2D eigenvalue weighted by Gasteiger charge is 2.19. The molecular formula is C21H21NO4. The van der Waals surface area contributed by atoms with Crippen molar-refractivity contribution in [2.24, 2.45) is 0 Å². The zero-order valence-corrected chi connectivity index (χ0v) is 14.6. The molecule has 3 rings (SSSR count). The normalized spacial score (nSPS) is 13.7. The van der Waals surface area contributed by atoms with Gasteiger partial charge in [0.15, 0.2) is 6.61 Å². The van der Waals surface area contributed by atoms with Crippen LogP contribution in [0.2, 0.25) is 0 Å². The lowest BCUT2D eigenvalue weighted by Crippen LogP contribution is -2.32. The van der Waals surface area contributed by atoms with E-state index in [1.165, 1.54) is 0 Å². The Morgan fingerprint density at radius 2 is 1.85 bits per heavy atom. The van der Waals surface area contributed by atoms with Crippen molar-refractivity contribution < 1.29 is 19.1 Å². The van der Waals surface area contributed by atoms with Gasteiger partial charge < -0.3 is 14.8 Å². The zero-order chi connectivity index (χ0) is 18.4. The van der Waals surface area contributed by atoms with Crippen molar-refractivity contribution in [1.82, 2.24) is 5.32 Å². The fraction of sp³-hybridized carbons (Fsp3) is 0.238. The first-order valence-corrected chi connectivity index (χ1v) is 8.54. The lowest BCUT2D eigenvalue weighted by Gasteiger charge is -2.17. The molecule has 1 heterocycles. The number of benzene rings is 2. The van der Waals surface area contributed by atoms with Crippen LogP contribution in [-0.4, -0.2) is 31.6 Å². The molecule has 1 atom stereocenters. The number of fused-ring (bicyclic) bond motifs is 1. The molecule has 134 valence electrons. The molecule has 2 aromatic carbocycles. The molecule has 1 aliphatic heterocycles. The summed E-state index contributed by atoms with van der Waals surface area (Å²) in [6.07, 6.45) is 1.73. The number of rotatable bonds is 6. The monoisotopic (exact) mass is 351 g/mol. The van der Waals surface area contributed by atoms with E-state index in [4.69, 9.17) is 9.47 Å². The first-order chi connectivity index (χ1) is 12.6. The molecule has 26 heavy (non-hydrogen) atoms. The van der Waals surface area contributed by atoms with Gasteiger partial charge in [-0.3, -0.25) is 4.79 Å². The second kappa shape index (κ2) is 8.34. The van der Waals surface area contributed by atoms with Crippen LogP contribution in [0.5, 0.6) is 5.75 Å². The maximum absolute atomic E-state index is 12.1. The largest absolute Gasteiger partial charge is 0.488 e. The predicted molar refractivity (Wildman–Crippen MR) is 98.7 cm³/mol. The number of esters is 1. The van der Waals surface area contributed by atoms with Crippen molar-refractivity contribution in [3.63, 3.8) is 0 Å². The summed E-state index contributed by atoms with van der Waals surface area (Å²) in [5, 5.41) is 2.79. The van der Waals surface area contributed by atoms with Crippen molar-refractivity contribution in [1.29, 1.82) is 0 Å². The molecule has 0 aliphatic carbocycles. The summed E-state index contributed by atoms with van der Waals surface area (Å²) < 4.78 is 10.6. The van der Waals surface area contributed by atoms with Crippen LogP contribution >= 0.6 is 0 Å². The average molecular weight is 351 g/mol. The minimum atomic E-state index is -0.536. The van der Waals surface area contributed by atoms with Crippen LogP contribution in [0.4, 0.5) is 0 Å². The standard InChI is InChI=1S/C21H21NO4/c1-15(16-7-3-2-4-8-16)12-22-20(23)14-26-21(24)18-11-17-9-5-6-10-19(17)25-13-18/h2-11,15H,12-14H2,1H3,(H,22,23)/t15-/m0/s1. The van der Waals surface area contributed by atoms with Crippen molar-refractivity contribution in [3.8, 4) is 5.75 Å². The van der Waals surface area contributed by atoms with Crippen LogP contribution in [0.3, 0.4) is 0 Å². The molecule has 0 fully saturated rings. The average Bonchev–Trinajstić information content (AvgIpc) is 2.70. The Balaban J connectivity index is 1.46. The number of amides is 1. The second-order valence-corrected chi connectivity index (χ2v) is 6.19. The number of carbonyl (C=O) groups excluding carboxylic acids is 2. The zero-order valence-electron chi connectivity index (χ0n) is 14.6. The van der Waals surface area contributed by atoms with Gasteiger partial charge in [-0.05, 0) is 23.6 Å². The Hall–Kier alpha value is -3.08. The fourth-order valence-electron chi connectivity index (χ4n) is 2.68. The van der Waals surface area contributed by atoms with E-state index in [0.29, 0.717) is 12.1 Å². The summed E-state index contributed by atoms with van der Waals surface area (Å²) in [5.41, 5.74) is 2.37. The number of ether oxygens (including phenoxy) is 2. The highest BCUT2D eigenvalue weighted by atomic mass is 16.5. The summed E-state index contributed by atoms with van der Waals surface area (Å²) in [5.74, 6) is 0.0584. The fourth-order valence-corrected chi connectivity index (χ4v) is 2.68. The molecule has 5 heteroatoms. The topological polar surface area (TPSA) is 64.6 Å². The molecule has 0 radical (unpaired) electrons. The summed E-state index contributed by atoms with van der Waals surface area (Å²) in [7, 11) is 0. The highest BCUT2D eigenvalue weighted by Crippen LogP contribution is 2.26. The maximum Gasteiger partial charge on any atom is 0.338 e. The molecule has 1 aliphatic rings. The van der Waals surface area contributed by atoms with Crippen LogP contribution in [0.25, 0.3) is 6.08 Å². The van der Waals surface area contributed by atoms with Gasteiger partial charge >= 0.3 is 5.97 Å². The first kappa shape index (κ1) is 17.7. The SMILES string of the molecule is C[C@@H](CNC(=O)COC(=O)C1=Cc2ccccc2OC1)c1ccccc1. The first-order valence-electron chi connectivity index (χ1n) is 8.54. The number of nitrogens with one attached hydrogen (secondary N) is 1. The summed E-state index contributed by atoms with van der Waals surface area (Å²) in [6.45, 7) is 2.35. The summed E-state index contributed by atoms with van der Waals surface area (Å²) in [4.78, 5) is 24.0. The van der Waals surface area contributed by atoms with Gasteiger partial charge in [0, 0.05) is 12.1 Å². The lowest BCUT2D eigenvalue weighted by molar-refractivity contribution is -0.145. The molecular weight excluding hydrogens is 330 g/mol. The Kier molecular flexibility index (Phi) is 5.69. The Bertz CT molecular complexity index is 814. The number of carbonyl (C=O) groups is 2. The van der Waals surface area contributed by atoms with E-state index in [9.17, 15) is 9.59 Å². The number of hydrogen-bond acceptors (Lipinski definition) is 4. The molecule has 0 saturated carbocycles. The summed E-state index contributed by atoms with van der Waals surface area (Å²) >= 11 is 0. The summed E-state index contributed by atoms with van der Waals surface area (Å²) in [6, 6.07) is 17.4. The van der Waals surface area contributed by atoms with Crippen LogP contribution in [0.1, 0.15) is 24.0 Å². The van der Waals surface area contributed by atoms with Crippen LogP contribution in [0, 0.1) is 0 Å². The molecule has 0 unspecified atom stereocenters. The van der Waals surface area contributed by atoms with Gasteiger partial charge in [-0.25, -0.2) is 4.79 Å². The van der Waals surface area contributed by atoms with Crippen LogP contribution < -0.4 is 10.1 Å². The third-order valence-electron chi connectivity index (χ3n) is 4.20. The second-order valence-electron chi connectivity index (χ2n) is 6.19. The molecule has 5 nitrogen and oxygen atoms in total. The third kappa shape index (κ3) is 4.51. The smallest absolute Gasteiger partial charge is 0.338 e. The van der Waals surface area contributed by atoms with Gasteiger partial charge in [-0.1, -0.05) is 55.5 Å². The van der Waals surface area contributed by atoms with Gasteiger partial charge in [-0.2, -0.15) is 0 Å². The van der Waals surface area contributed by atoms with Crippen molar-refractivity contribution in [2.75, 3.05) is 19.8 Å².